The van der Waals surface area contributed by atoms with Crippen molar-refractivity contribution in [3.8, 4) is 5.75 Å². The highest BCUT2D eigenvalue weighted by Gasteiger charge is 2.20. The molecule has 8 heteroatoms. The standard InChI is InChI=1S/C25H29N5O2S/c1-5-18-10-12-19(13-11-18)32-15-22-28-29-25(30(22)14-16(2)3)33-17(4)23-26-21-9-7-6-8-20(21)24(31)27-23/h6-13,16-17H,5,14-15H2,1-4H3,(H,26,27,31). The molecular formula is C25H29N5O2S. The van der Waals surface area contributed by atoms with Crippen molar-refractivity contribution < 1.29 is 4.74 Å². The molecule has 1 N–H and O–H groups in total. The number of thioether (sulfide) groups is 1. The minimum atomic E-state index is -0.130. The van der Waals surface area contributed by atoms with Gasteiger partial charge in [0, 0.05) is 6.54 Å². The monoisotopic (exact) mass is 463 g/mol. The van der Waals surface area contributed by atoms with Crippen LogP contribution in [0.5, 0.6) is 5.75 Å². The Labute approximate surface area is 197 Å². The van der Waals surface area contributed by atoms with Crippen LogP contribution in [0.4, 0.5) is 0 Å². The van der Waals surface area contributed by atoms with E-state index >= 15 is 0 Å². The number of H-pyrrole nitrogens is 1. The van der Waals surface area contributed by atoms with E-state index in [1.165, 1.54) is 17.3 Å². The maximum absolute atomic E-state index is 12.5. The van der Waals surface area contributed by atoms with E-state index in [4.69, 9.17) is 4.74 Å². The molecule has 1 unspecified atom stereocenters. The molecule has 0 bridgehead atoms. The number of aromatic nitrogens is 5. The Morgan fingerprint density at radius 3 is 2.55 bits per heavy atom. The first-order valence-electron chi connectivity index (χ1n) is 11.2. The summed E-state index contributed by atoms with van der Waals surface area (Å²) in [5.74, 6) is 2.62. The fraction of sp³-hybridized carbons (Fsp3) is 0.360. The number of nitrogens with one attached hydrogen (secondary N) is 1. The number of ether oxygens (including phenoxy) is 1. The first-order valence-corrected chi connectivity index (χ1v) is 12.1. The van der Waals surface area contributed by atoms with Gasteiger partial charge >= 0.3 is 0 Å². The van der Waals surface area contributed by atoms with Gasteiger partial charge in [-0.1, -0.05) is 56.8 Å². The zero-order chi connectivity index (χ0) is 23.4. The lowest BCUT2D eigenvalue weighted by Crippen LogP contribution is -2.14. The molecule has 4 aromatic rings. The Hall–Kier alpha value is -3.13. The highest BCUT2D eigenvalue weighted by molar-refractivity contribution is 7.99. The summed E-state index contributed by atoms with van der Waals surface area (Å²) in [7, 11) is 0. The normalized spacial score (nSPS) is 12.4. The Morgan fingerprint density at radius 2 is 1.82 bits per heavy atom. The second kappa shape index (κ2) is 10.2. The highest BCUT2D eigenvalue weighted by Crippen LogP contribution is 2.33. The molecule has 0 amide bonds. The van der Waals surface area contributed by atoms with Gasteiger partial charge in [0.15, 0.2) is 11.0 Å². The Morgan fingerprint density at radius 1 is 1.06 bits per heavy atom. The quantitative estimate of drug-likeness (QED) is 0.345. The van der Waals surface area contributed by atoms with Crippen molar-refractivity contribution >= 4 is 22.7 Å². The van der Waals surface area contributed by atoms with E-state index in [0.29, 0.717) is 29.3 Å². The zero-order valence-corrected chi connectivity index (χ0v) is 20.2. The van der Waals surface area contributed by atoms with Gasteiger partial charge in [-0.25, -0.2) is 4.98 Å². The summed E-state index contributed by atoms with van der Waals surface area (Å²) < 4.78 is 8.09. The molecule has 0 spiro atoms. The summed E-state index contributed by atoms with van der Waals surface area (Å²) in [6.45, 7) is 9.58. The topological polar surface area (TPSA) is 85.7 Å². The lowest BCUT2D eigenvalue weighted by molar-refractivity contribution is 0.284. The summed E-state index contributed by atoms with van der Waals surface area (Å²) >= 11 is 1.53. The van der Waals surface area contributed by atoms with Gasteiger partial charge in [-0.05, 0) is 49.1 Å². The van der Waals surface area contributed by atoms with Crippen molar-refractivity contribution in [2.75, 3.05) is 0 Å². The van der Waals surface area contributed by atoms with Crippen LogP contribution in [0.1, 0.15) is 50.2 Å². The summed E-state index contributed by atoms with van der Waals surface area (Å²) in [6.07, 6.45) is 0.999. The summed E-state index contributed by atoms with van der Waals surface area (Å²) in [5.41, 5.74) is 1.84. The molecule has 0 fully saturated rings. The van der Waals surface area contributed by atoms with Crippen LogP contribution in [0, 0.1) is 5.92 Å². The van der Waals surface area contributed by atoms with E-state index in [0.717, 1.165) is 29.7 Å². The third-order valence-corrected chi connectivity index (χ3v) is 6.43. The number of hydrogen-bond donors (Lipinski definition) is 1. The number of aryl methyl sites for hydroxylation is 1. The van der Waals surface area contributed by atoms with Crippen LogP contribution in [0.15, 0.2) is 58.5 Å². The number of nitrogens with zero attached hydrogens (tertiary/aromatic N) is 4. The molecule has 1 atom stereocenters. The van der Waals surface area contributed by atoms with Crippen molar-refractivity contribution in [2.24, 2.45) is 5.92 Å². The minimum absolute atomic E-state index is 0.104. The van der Waals surface area contributed by atoms with Gasteiger partial charge in [-0.3, -0.25) is 4.79 Å². The molecule has 172 valence electrons. The van der Waals surface area contributed by atoms with Crippen molar-refractivity contribution in [3.05, 3.63) is 76.1 Å². The predicted octanol–water partition coefficient (Wildman–Crippen LogP) is 5.17. The van der Waals surface area contributed by atoms with Crippen LogP contribution in [-0.2, 0) is 19.6 Å². The lowest BCUT2D eigenvalue weighted by atomic mass is 10.2. The molecule has 0 aliphatic rings. The molecule has 0 saturated carbocycles. The van der Waals surface area contributed by atoms with Gasteiger partial charge in [0.2, 0.25) is 0 Å². The van der Waals surface area contributed by atoms with E-state index in [1.54, 1.807) is 6.07 Å². The molecule has 4 rings (SSSR count). The van der Waals surface area contributed by atoms with Gasteiger partial charge in [0.1, 0.15) is 18.2 Å². The number of benzene rings is 2. The fourth-order valence-electron chi connectivity index (χ4n) is 3.54. The fourth-order valence-corrected chi connectivity index (χ4v) is 4.48. The average molecular weight is 464 g/mol. The van der Waals surface area contributed by atoms with Gasteiger partial charge in [-0.2, -0.15) is 0 Å². The molecule has 2 aromatic heterocycles. The Balaban J connectivity index is 1.54. The van der Waals surface area contributed by atoms with Crippen molar-refractivity contribution in [2.45, 2.75) is 57.7 Å². The van der Waals surface area contributed by atoms with Crippen LogP contribution in [0.2, 0.25) is 0 Å². The Kier molecular flexibility index (Phi) is 7.13. The molecule has 2 heterocycles. The van der Waals surface area contributed by atoms with E-state index in [-0.39, 0.29) is 10.8 Å². The Bertz CT molecular complexity index is 1280. The second-order valence-electron chi connectivity index (χ2n) is 8.42. The van der Waals surface area contributed by atoms with Crippen LogP contribution in [0.25, 0.3) is 10.9 Å². The number of hydrogen-bond acceptors (Lipinski definition) is 6. The van der Waals surface area contributed by atoms with Crippen LogP contribution < -0.4 is 10.3 Å². The van der Waals surface area contributed by atoms with Gasteiger partial charge in [0.25, 0.3) is 5.56 Å². The molecule has 2 aromatic carbocycles. The van der Waals surface area contributed by atoms with E-state index in [2.05, 4.69) is 57.6 Å². The molecule has 7 nitrogen and oxygen atoms in total. The average Bonchev–Trinajstić information content (AvgIpc) is 3.18. The SMILES string of the molecule is CCc1ccc(OCc2nnc(SC(C)c3nc4ccccc4c(=O)[nH]3)n2CC(C)C)cc1. The minimum Gasteiger partial charge on any atom is -0.486 e. The van der Waals surface area contributed by atoms with Gasteiger partial charge in [-0.15, -0.1) is 10.2 Å². The largest absolute Gasteiger partial charge is 0.486 e. The second-order valence-corrected chi connectivity index (χ2v) is 9.73. The molecule has 33 heavy (non-hydrogen) atoms. The van der Waals surface area contributed by atoms with Gasteiger partial charge < -0.3 is 14.3 Å². The smallest absolute Gasteiger partial charge is 0.258 e. The maximum Gasteiger partial charge on any atom is 0.258 e. The van der Waals surface area contributed by atoms with E-state index in [9.17, 15) is 4.79 Å². The highest BCUT2D eigenvalue weighted by atomic mass is 32.2. The number of fused-ring (bicyclic) bond motifs is 1. The third kappa shape index (κ3) is 5.45. The summed E-state index contributed by atoms with van der Waals surface area (Å²) in [5, 5.41) is 10.1. The molecular weight excluding hydrogens is 434 g/mol. The molecule has 0 saturated heterocycles. The van der Waals surface area contributed by atoms with Gasteiger partial charge in [0.05, 0.1) is 16.2 Å². The van der Waals surface area contributed by atoms with E-state index in [1.807, 2.05) is 37.3 Å². The van der Waals surface area contributed by atoms with Crippen LogP contribution in [-0.4, -0.2) is 24.7 Å². The maximum atomic E-state index is 12.5. The summed E-state index contributed by atoms with van der Waals surface area (Å²) in [4.78, 5) is 20.1. The lowest BCUT2D eigenvalue weighted by Gasteiger charge is -2.15. The van der Waals surface area contributed by atoms with Crippen LogP contribution >= 0.6 is 11.8 Å². The predicted molar refractivity (Wildman–Crippen MR) is 132 cm³/mol. The zero-order valence-electron chi connectivity index (χ0n) is 19.4. The van der Waals surface area contributed by atoms with Crippen molar-refractivity contribution in [1.29, 1.82) is 0 Å². The van der Waals surface area contributed by atoms with Crippen LogP contribution in [0.3, 0.4) is 0 Å². The van der Waals surface area contributed by atoms with Crippen molar-refractivity contribution in [3.63, 3.8) is 0 Å². The molecule has 0 aliphatic heterocycles. The third-order valence-electron chi connectivity index (χ3n) is 5.34. The first kappa shape index (κ1) is 23.0. The molecule has 0 aliphatic carbocycles. The molecule has 0 radical (unpaired) electrons. The number of aromatic amines is 1. The number of rotatable bonds is 9. The van der Waals surface area contributed by atoms with Crippen molar-refractivity contribution in [1.82, 2.24) is 24.7 Å². The number of para-hydroxylation sites is 1. The van der Waals surface area contributed by atoms with E-state index < -0.39 is 0 Å². The summed E-state index contributed by atoms with van der Waals surface area (Å²) in [6, 6.07) is 15.5. The first-order chi connectivity index (χ1) is 15.9.